The summed E-state index contributed by atoms with van der Waals surface area (Å²) in [4.78, 5) is 15.0. The molecule has 34 heavy (non-hydrogen) atoms. The first-order valence-corrected chi connectivity index (χ1v) is 8.68. The number of benzene rings is 1. The van der Waals surface area contributed by atoms with Crippen molar-refractivity contribution in [1.29, 1.82) is 0 Å². The number of nitrogens with zero attached hydrogens (tertiary/aromatic N) is 3. The third-order valence-corrected chi connectivity index (χ3v) is 4.43. The number of pyridine rings is 1. The molecule has 0 atom stereocenters. The van der Waals surface area contributed by atoms with Gasteiger partial charge in [0.15, 0.2) is 17.3 Å². The van der Waals surface area contributed by atoms with E-state index in [0.717, 1.165) is 19.1 Å². The quantitative estimate of drug-likeness (QED) is 0.210. The molecule has 0 aliphatic rings. The number of aromatic nitrogens is 3. The fourth-order valence-electron chi connectivity index (χ4n) is 3.04. The number of alkyl halides is 6. The smallest absolute Gasteiger partial charge is 0.436 e. The summed E-state index contributed by atoms with van der Waals surface area (Å²) in [5.41, 5.74) is -7.46. The molecular formula is C19H10CuF9N3O2. The monoisotopic (exact) mass is 546 g/mol. The van der Waals surface area contributed by atoms with Crippen LogP contribution in [-0.2, 0) is 29.4 Å². The van der Waals surface area contributed by atoms with Crippen molar-refractivity contribution in [1.82, 2.24) is 14.8 Å². The number of ketones is 1. The van der Waals surface area contributed by atoms with Crippen molar-refractivity contribution < 1.29 is 66.5 Å². The molecule has 2 heterocycles. The van der Waals surface area contributed by atoms with Crippen LogP contribution in [0.15, 0.2) is 18.2 Å². The molecule has 0 amide bonds. The number of aryl methyl sites for hydroxylation is 2. The zero-order chi connectivity index (χ0) is 25.0. The van der Waals surface area contributed by atoms with Crippen LogP contribution in [0.5, 0.6) is 5.88 Å². The minimum absolute atomic E-state index is 0. The average Bonchev–Trinajstić information content (AvgIpc) is 2.96. The van der Waals surface area contributed by atoms with E-state index in [0.29, 0.717) is 6.07 Å². The predicted octanol–water partition coefficient (Wildman–Crippen LogP) is 5.27. The Labute approximate surface area is 194 Å². The van der Waals surface area contributed by atoms with Gasteiger partial charge in [-0.05, 0) is 37.6 Å². The summed E-state index contributed by atoms with van der Waals surface area (Å²) in [6.45, 7) is 2.23. The number of hydrogen-bond donors (Lipinski definition) is 1. The van der Waals surface area contributed by atoms with E-state index in [4.69, 9.17) is 0 Å². The molecule has 0 fully saturated rings. The summed E-state index contributed by atoms with van der Waals surface area (Å²) < 4.78 is 120. The molecule has 3 aromatic rings. The van der Waals surface area contributed by atoms with E-state index in [-0.39, 0.29) is 27.3 Å². The van der Waals surface area contributed by atoms with Crippen LogP contribution in [0.1, 0.15) is 38.4 Å². The number of hydrogen-bond acceptors (Lipinski definition) is 4. The van der Waals surface area contributed by atoms with Gasteiger partial charge < -0.3 is 5.11 Å². The fourth-order valence-corrected chi connectivity index (χ4v) is 3.04. The van der Waals surface area contributed by atoms with Crippen LogP contribution in [-0.4, -0.2) is 25.7 Å². The zero-order valence-corrected chi connectivity index (χ0v) is 17.6. The number of aromatic hydroxyl groups is 1. The maximum Gasteiger partial charge on any atom is 0.436 e. The van der Waals surface area contributed by atoms with Crippen LogP contribution in [0, 0.1) is 31.4 Å². The summed E-state index contributed by atoms with van der Waals surface area (Å²) >= 11 is 0. The molecule has 2 aromatic heterocycles. The van der Waals surface area contributed by atoms with Crippen molar-refractivity contribution in [2.24, 2.45) is 0 Å². The Morgan fingerprint density at radius 3 is 2.06 bits per heavy atom. The second-order valence-corrected chi connectivity index (χ2v) is 6.84. The maximum atomic E-state index is 14.4. The number of rotatable bonds is 3. The Kier molecular flexibility index (Phi) is 7.15. The molecule has 0 saturated carbocycles. The van der Waals surface area contributed by atoms with Gasteiger partial charge in [-0.2, -0.15) is 44.9 Å². The van der Waals surface area contributed by atoms with E-state index in [2.05, 4.69) is 10.1 Å². The van der Waals surface area contributed by atoms with Crippen molar-refractivity contribution in [3.05, 3.63) is 69.4 Å². The topological polar surface area (TPSA) is 68.0 Å². The van der Waals surface area contributed by atoms with Crippen LogP contribution < -0.4 is 0 Å². The number of halogens is 9. The third-order valence-electron chi connectivity index (χ3n) is 4.43. The molecule has 0 spiro atoms. The molecule has 0 saturated heterocycles. The van der Waals surface area contributed by atoms with Crippen molar-refractivity contribution in [2.45, 2.75) is 26.2 Å². The summed E-state index contributed by atoms with van der Waals surface area (Å²) in [7, 11) is 0. The van der Waals surface area contributed by atoms with Crippen molar-refractivity contribution in [2.75, 3.05) is 0 Å². The second-order valence-electron chi connectivity index (χ2n) is 6.84. The van der Waals surface area contributed by atoms with Gasteiger partial charge in [0.2, 0.25) is 11.7 Å². The van der Waals surface area contributed by atoms with Crippen LogP contribution in [0.2, 0.25) is 0 Å². The minimum Gasteiger partial charge on any atom is -0.493 e. The normalized spacial score (nSPS) is 12.0. The molecule has 15 heteroatoms. The molecule has 0 aliphatic heterocycles. The van der Waals surface area contributed by atoms with E-state index < -0.39 is 75.4 Å². The Morgan fingerprint density at radius 1 is 0.941 bits per heavy atom. The zero-order valence-electron chi connectivity index (χ0n) is 16.6. The van der Waals surface area contributed by atoms with Crippen LogP contribution in [0.4, 0.5) is 39.5 Å². The molecule has 5 nitrogen and oxygen atoms in total. The summed E-state index contributed by atoms with van der Waals surface area (Å²) in [6, 6.07) is 2.19. The Balaban J connectivity index is 0.00000408. The van der Waals surface area contributed by atoms with Gasteiger partial charge in [-0.25, -0.2) is 9.37 Å². The molecular weight excluding hydrogens is 537 g/mol. The second kappa shape index (κ2) is 8.95. The summed E-state index contributed by atoms with van der Waals surface area (Å²) in [5.74, 6) is -9.77. The minimum atomic E-state index is -5.56. The van der Waals surface area contributed by atoms with Gasteiger partial charge in [0.05, 0.1) is 11.3 Å². The molecule has 0 bridgehead atoms. The van der Waals surface area contributed by atoms with Gasteiger partial charge in [-0.1, -0.05) is 0 Å². The Bertz CT molecular complexity index is 1280. The molecule has 1 N–H and O–H groups in total. The number of carbonyl (C=O) groups is 1. The van der Waals surface area contributed by atoms with Crippen molar-refractivity contribution >= 4 is 5.78 Å². The molecule has 3 rings (SSSR count). The van der Waals surface area contributed by atoms with Gasteiger partial charge in [-0.3, -0.25) is 4.79 Å². The van der Waals surface area contributed by atoms with E-state index in [9.17, 15) is 49.4 Å². The molecule has 1 aromatic carbocycles. The van der Waals surface area contributed by atoms with Crippen molar-refractivity contribution in [3.8, 4) is 11.6 Å². The first-order chi connectivity index (χ1) is 15.0. The van der Waals surface area contributed by atoms with Crippen LogP contribution in [0.25, 0.3) is 5.69 Å². The van der Waals surface area contributed by atoms with E-state index in [1.807, 2.05) is 0 Å². The first kappa shape index (κ1) is 27.2. The molecule has 1 radical (unpaired) electrons. The summed E-state index contributed by atoms with van der Waals surface area (Å²) in [6.07, 6.45) is -10.4. The Morgan fingerprint density at radius 2 is 1.53 bits per heavy atom. The largest absolute Gasteiger partial charge is 0.493 e. The SMILES string of the molecule is Cc1cc(C(=O)c2c(C)nn(-c3c(F)c(F)nc(C(F)(F)F)c3F)c2O)cc(C(F)(F)F)c1.[Cu]. The van der Waals surface area contributed by atoms with Gasteiger partial charge in [0.25, 0.3) is 5.95 Å². The fraction of sp³-hybridized carbons (Fsp3) is 0.211. The average molecular weight is 547 g/mol. The number of carbonyl (C=O) groups excluding carboxylic acids is 1. The molecule has 0 unspecified atom stereocenters. The maximum absolute atomic E-state index is 14.4. The van der Waals surface area contributed by atoms with Gasteiger partial charge in [0, 0.05) is 22.6 Å². The molecule has 187 valence electrons. The van der Waals surface area contributed by atoms with Gasteiger partial charge >= 0.3 is 12.4 Å². The van der Waals surface area contributed by atoms with Crippen molar-refractivity contribution in [3.63, 3.8) is 0 Å². The Hall–Kier alpha value is -3.06. The summed E-state index contributed by atoms with van der Waals surface area (Å²) in [5, 5.41) is 13.7. The first-order valence-electron chi connectivity index (χ1n) is 8.68. The van der Waals surface area contributed by atoms with E-state index in [1.54, 1.807) is 0 Å². The van der Waals surface area contributed by atoms with E-state index >= 15 is 0 Å². The van der Waals surface area contributed by atoms with E-state index in [1.165, 1.54) is 6.92 Å². The third kappa shape index (κ3) is 4.75. The standard InChI is InChI=1S/C19H10F9N3O2.Cu/c1-6-3-8(5-9(4-6)18(23,24)25)14(32)10-7(2)30-31(17(10)33)13-11(20)15(19(26,27)28)29-16(22)12(13)21;/h3-5,33H,1-2H3;. The van der Waals surface area contributed by atoms with Crippen LogP contribution in [0.3, 0.4) is 0 Å². The van der Waals surface area contributed by atoms with Gasteiger partial charge in [-0.15, -0.1) is 0 Å². The predicted molar refractivity (Wildman–Crippen MR) is 92.3 cm³/mol. The van der Waals surface area contributed by atoms with Gasteiger partial charge in [0.1, 0.15) is 11.3 Å². The molecule has 0 aliphatic carbocycles. The van der Waals surface area contributed by atoms with Crippen LogP contribution >= 0.6 is 0 Å².